The van der Waals surface area contributed by atoms with Gasteiger partial charge >= 0.3 is 6.18 Å². The summed E-state index contributed by atoms with van der Waals surface area (Å²) in [6.45, 7) is 1.77. The fourth-order valence-electron chi connectivity index (χ4n) is 2.55. The molecule has 0 spiro atoms. The van der Waals surface area contributed by atoms with Gasteiger partial charge in [0.1, 0.15) is 12.3 Å². The van der Waals surface area contributed by atoms with E-state index >= 15 is 0 Å². The van der Waals surface area contributed by atoms with E-state index in [1.165, 1.54) is 11.8 Å². The summed E-state index contributed by atoms with van der Waals surface area (Å²) in [5, 5.41) is 0. The molecule has 0 aliphatic carbocycles. The third kappa shape index (κ3) is 4.18. The molecule has 1 heterocycles. The molecule has 1 aliphatic rings. The van der Waals surface area contributed by atoms with Gasteiger partial charge in [-0.05, 0) is 26.0 Å². The molecule has 1 aromatic carbocycles. The molecule has 0 aromatic heterocycles. The quantitative estimate of drug-likeness (QED) is 0.825. The average molecular weight is 344 g/mol. The van der Waals surface area contributed by atoms with Crippen molar-refractivity contribution in [1.82, 2.24) is 4.90 Å². The van der Waals surface area contributed by atoms with Crippen molar-refractivity contribution in [3.63, 3.8) is 0 Å². The van der Waals surface area contributed by atoms with Crippen molar-refractivity contribution in [3.05, 3.63) is 24.3 Å². The van der Waals surface area contributed by atoms with Crippen molar-refractivity contribution in [3.8, 4) is 5.75 Å². The van der Waals surface area contributed by atoms with Crippen LogP contribution < -0.4 is 9.64 Å². The van der Waals surface area contributed by atoms with Crippen LogP contribution in [0.25, 0.3) is 0 Å². The predicted molar refractivity (Wildman–Crippen MR) is 81.8 cm³/mol. The number of fused-ring (bicyclic) bond motifs is 1. The second-order valence-electron chi connectivity index (χ2n) is 5.49. The van der Waals surface area contributed by atoms with Gasteiger partial charge in [0.05, 0.1) is 5.69 Å². The summed E-state index contributed by atoms with van der Waals surface area (Å²) >= 11 is 0. The Morgan fingerprint density at radius 3 is 2.62 bits per heavy atom. The van der Waals surface area contributed by atoms with E-state index in [9.17, 15) is 22.8 Å². The smallest absolute Gasteiger partial charge is 0.406 e. The van der Waals surface area contributed by atoms with Crippen LogP contribution in [0.15, 0.2) is 24.3 Å². The molecule has 2 amide bonds. The zero-order valence-electron chi connectivity index (χ0n) is 13.5. The van der Waals surface area contributed by atoms with Gasteiger partial charge in [0.2, 0.25) is 5.91 Å². The van der Waals surface area contributed by atoms with Crippen LogP contribution in [0, 0.1) is 0 Å². The number of hydrogen-bond acceptors (Lipinski definition) is 3. The minimum atomic E-state index is -4.44. The van der Waals surface area contributed by atoms with E-state index in [1.807, 2.05) is 0 Å². The van der Waals surface area contributed by atoms with E-state index in [0.29, 0.717) is 11.4 Å². The highest BCUT2D eigenvalue weighted by Gasteiger charge is 2.34. The highest BCUT2D eigenvalue weighted by atomic mass is 19.4. The number of carbonyl (C=O) groups excluding carboxylic acids is 2. The molecule has 132 valence electrons. The Labute approximate surface area is 138 Å². The SMILES string of the molecule is CCN(CC(F)(F)F)C(=O)CCN1C(=O)C(C)Oc2ccccc21. The minimum Gasteiger partial charge on any atom is -0.479 e. The molecule has 24 heavy (non-hydrogen) atoms. The Morgan fingerprint density at radius 1 is 1.33 bits per heavy atom. The van der Waals surface area contributed by atoms with Crippen molar-refractivity contribution in [2.24, 2.45) is 0 Å². The van der Waals surface area contributed by atoms with Gasteiger partial charge in [0.25, 0.3) is 5.91 Å². The topological polar surface area (TPSA) is 49.9 Å². The van der Waals surface area contributed by atoms with Crippen molar-refractivity contribution in [1.29, 1.82) is 0 Å². The molecule has 2 rings (SSSR count). The first-order valence-corrected chi connectivity index (χ1v) is 7.64. The summed E-state index contributed by atoms with van der Waals surface area (Å²) in [6.07, 6.45) is -5.33. The largest absolute Gasteiger partial charge is 0.479 e. The van der Waals surface area contributed by atoms with Crippen LogP contribution in [0.3, 0.4) is 0 Å². The Balaban J connectivity index is 2.07. The van der Waals surface area contributed by atoms with E-state index < -0.39 is 24.7 Å². The van der Waals surface area contributed by atoms with Crippen LogP contribution >= 0.6 is 0 Å². The first-order valence-electron chi connectivity index (χ1n) is 7.64. The molecule has 0 radical (unpaired) electrons. The highest BCUT2D eigenvalue weighted by molar-refractivity contribution is 6.00. The molecule has 0 saturated carbocycles. The lowest BCUT2D eigenvalue weighted by atomic mass is 10.1. The summed E-state index contributed by atoms with van der Waals surface area (Å²) in [5.41, 5.74) is 0.521. The fraction of sp³-hybridized carbons (Fsp3) is 0.500. The number of hydrogen-bond donors (Lipinski definition) is 0. The summed E-state index contributed by atoms with van der Waals surface area (Å²) in [5.74, 6) is -0.445. The zero-order chi connectivity index (χ0) is 17.9. The summed E-state index contributed by atoms with van der Waals surface area (Å²) < 4.78 is 42.9. The lowest BCUT2D eigenvalue weighted by Crippen LogP contribution is -2.46. The number of anilines is 1. The van der Waals surface area contributed by atoms with Crippen LogP contribution in [0.1, 0.15) is 20.3 Å². The number of rotatable bonds is 5. The molecular formula is C16H19F3N2O3. The summed E-state index contributed by atoms with van der Waals surface area (Å²) in [7, 11) is 0. The molecule has 0 N–H and O–H groups in total. The lowest BCUT2D eigenvalue weighted by molar-refractivity contribution is -0.160. The molecule has 5 nitrogen and oxygen atoms in total. The number of nitrogens with zero attached hydrogens (tertiary/aromatic N) is 2. The first-order chi connectivity index (χ1) is 11.2. The molecule has 0 fully saturated rings. The summed E-state index contributed by atoms with van der Waals surface area (Å²) in [4.78, 5) is 26.4. The molecule has 1 aromatic rings. The second kappa shape index (κ2) is 7.11. The monoisotopic (exact) mass is 344 g/mol. The molecule has 1 atom stereocenters. The molecule has 0 bridgehead atoms. The predicted octanol–water partition coefficient (Wildman–Crippen LogP) is 2.60. The molecular weight excluding hydrogens is 325 g/mol. The van der Waals surface area contributed by atoms with Crippen molar-refractivity contribution >= 4 is 17.5 Å². The average Bonchev–Trinajstić information content (AvgIpc) is 2.52. The molecule has 0 saturated heterocycles. The molecule has 8 heteroatoms. The van der Waals surface area contributed by atoms with Crippen LogP contribution in [0.4, 0.5) is 18.9 Å². The third-order valence-corrected chi connectivity index (χ3v) is 3.73. The van der Waals surface area contributed by atoms with E-state index in [1.54, 1.807) is 31.2 Å². The van der Waals surface area contributed by atoms with Crippen molar-refractivity contribution in [2.45, 2.75) is 32.5 Å². The first kappa shape index (κ1) is 18.1. The maximum atomic E-state index is 12.5. The number of amides is 2. The van der Waals surface area contributed by atoms with Gasteiger partial charge in [-0.3, -0.25) is 9.59 Å². The molecule has 1 aliphatic heterocycles. The van der Waals surface area contributed by atoms with Gasteiger partial charge in [0.15, 0.2) is 6.10 Å². The van der Waals surface area contributed by atoms with Gasteiger partial charge in [-0.25, -0.2) is 0 Å². The van der Waals surface area contributed by atoms with Gasteiger partial charge in [-0.15, -0.1) is 0 Å². The van der Waals surface area contributed by atoms with Gasteiger partial charge in [0, 0.05) is 19.5 Å². The third-order valence-electron chi connectivity index (χ3n) is 3.73. The van der Waals surface area contributed by atoms with Crippen molar-refractivity contribution in [2.75, 3.05) is 24.5 Å². The standard InChI is InChI=1S/C16H19F3N2O3/c1-3-20(10-16(17,18)19)14(22)8-9-21-12-6-4-5-7-13(12)24-11(2)15(21)23/h4-7,11H,3,8-10H2,1-2H3. The normalized spacial score (nSPS) is 17.3. The van der Waals surface area contributed by atoms with Gasteiger partial charge in [-0.2, -0.15) is 13.2 Å². The van der Waals surface area contributed by atoms with Crippen LogP contribution in [0.5, 0.6) is 5.75 Å². The second-order valence-corrected chi connectivity index (χ2v) is 5.49. The highest BCUT2D eigenvalue weighted by Crippen LogP contribution is 2.33. The van der Waals surface area contributed by atoms with Crippen LogP contribution in [-0.4, -0.2) is 48.6 Å². The van der Waals surface area contributed by atoms with Crippen molar-refractivity contribution < 1.29 is 27.5 Å². The zero-order valence-corrected chi connectivity index (χ0v) is 13.5. The van der Waals surface area contributed by atoms with E-state index in [4.69, 9.17) is 4.74 Å². The van der Waals surface area contributed by atoms with E-state index in [-0.39, 0.29) is 25.4 Å². The van der Waals surface area contributed by atoms with E-state index in [2.05, 4.69) is 0 Å². The Morgan fingerprint density at radius 2 is 2.00 bits per heavy atom. The van der Waals surface area contributed by atoms with Crippen LogP contribution in [-0.2, 0) is 9.59 Å². The fourth-order valence-corrected chi connectivity index (χ4v) is 2.55. The minimum absolute atomic E-state index is 0.0107. The Bertz CT molecular complexity index is 619. The Hall–Kier alpha value is -2.25. The number of halogens is 3. The number of benzene rings is 1. The van der Waals surface area contributed by atoms with E-state index in [0.717, 1.165) is 4.90 Å². The number of para-hydroxylation sites is 2. The van der Waals surface area contributed by atoms with Gasteiger partial charge < -0.3 is 14.5 Å². The summed E-state index contributed by atoms with van der Waals surface area (Å²) in [6, 6.07) is 6.86. The maximum Gasteiger partial charge on any atom is 0.406 e. The number of alkyl halides is 3. The number of carbonyl (C=O) groups is 2. The van der Waals surface area contributed by atoms with Crippen LogP contribution in [0.2, 0.25) is 0 Å². The Kier molecular flexibility index (Phi) is 5.36. The number of ether oxygens (including phenoxy) is 1. The van der Waals surface area contributed by atoms with Gasteiger partial charge in [-0.1, -0.05) is 12.1 Å². The maximum absolute atomic E-state index is 12.5. The molecule has 1 unspecified atom stereocenters. The lowest BCUT2D eigenvalue weighted by Gasteiger charge is -2.33.